The molecular formula is C22H19N3O4S. The summed E-state index contributed by atoms with van der Waals surface area (Å²) in [5.41, 5.74) is 1.26. The van der Waals surface area contributed by atoms with Gasteiger partial charge in [-0.25, -0.2) is 13.2 Å². The van der Waals surface area contributed by atoms with Gasteiger partial charge in [0.25, 0.3) is 15.6 Å². The molecule has 0 saturated heterocycles. The maximum absolute atomic E-state index is 13.6. The Hall–Kier alpha value is -3.65. The third kappa shape index (κ3) is 3.77. The standard InChI is InChI=1S/C22H19N3O4S/c1-15-6-5-9-17(12-15)25(14-16-7-3-2-4-8-16)30(28,29)18-10-11-20-19(13-18)21(26)24-22(27)23-20/h2-13H,14H2,1H3,(H2,23,24,26,27). The van der Waals surface area contributed by atoms with Crippen LogP contribution in [-0.2, 0) is 16.6 Å². The van der Waals surface area contributed by atoms with E-state index in [9.17, 15) is 18.0 Å². The SMILES string of the molecule is Cc1cccc(N(Cc2ccccc2)S(=O)(=O)c2ccc3[nH]c(=O)[nH]c(=O)c3c2)c1. The van der Waals surface area contributed by atoms with Gasteiger partial charge in [-0.3, -0.25) is 14.1 Å². The molecule has 7 nitrogen and oxygen atoms in total. The number of nitrogens with zero attached hydrogens (tertiary/aromatic N) is 1. The van der Waals surface area contributed by atoms with Gasteiger partial charge in [0.05, 0.1) is 28.0 Å². The van der Waals surface area contributed by atoms with E-state index in [-0.39, 0.29) is 22.3 Å². The number of sulfonamides is 1. The lowest BCUT2D eigenvalue weighted by Crippen LogP contribution is -2.31. The fourth-order valence-electron chi connectivity index (χ4n) is 3.28. The van der Waals surface area contributed by atoms with Crippen molar-refractivity contribution < 1.29 is 8.42 Å². The molecule has 0 unspecified atom stereocenters. The summed E-state index contributed by atoms with van der Waals surface area (Å²) in [6.45, 7) is 2.02. The van der Waals surface area contributed by atoms with Gasteiger partial charge in [0, 0.05) is 0 Å². The summed E-state index contributed by atoms with van der Waals surface area (Å²) < 4.78 is 28.5. The maximum Gasteiger partial charge on any atom is 0.326 e. The zero-order valence-electron chi connectivity index (χ0n) is 16.1. The number of aromatic nitrogens is 2. The van der Waals surface area contributed by atoms with E-state index in [1.165, 1.54) is 22.5 Å². The minimum atomic E-state index is -4.00. The molecule has 0 amide bonds. The molecule has 3 aromatic carbocycles. The molecule has 8 heteroatoms. The van der Waals surface area contributed by atoms with Gasteiger partial charge >= 0.3 is 5.69 Å². The van der Waals surface area contributed by atoms with E-state index in [1.54, 1.807) is 18.2 Å². The van der Waals surface area contributed by atoms with Crippen LogP contribution in [0.2, 0.25) is 0 Å². The Bertz CT molecular complexity index is 1440. The number of anilines is 1. The number of rotatable bonds is 5. The van der Waals surface area contributed by atoms with Crippen LogP contribution in [0.4, 0.5) is 5.69 Å². The summed E-state index contributed by atoms with van der Waals surface area (Å²) in [5.74, 6) is 0. The van der Waals surface area contributed by atoms with Gasteiger partial charge in [0.2, 0.25) is 0 Å². The number of nitrogens with one attached hydrogen (secondary N) is 2. The average Bonchev–Trinajstić information content (AvgIpc) is 2.72. The smallest absolute Gasteiger partial charge is 0.307 e. The second-order valence-corrected chi connectivity index (χ2v) is 8.81. The van der Waals surface area contributed by atoms with Crippen LogP contribution in [0.5, 0.6) is 0 Å². The number of H-pyrrole nitrogens is 2. The molecule has 0 aliphatic rings. The largest absolute Gasteiger partial charge is 0.326 e. The zero-order chi connectivity index (χ0) is 21.3. The highest BCUT2D eigenvalue weighted by Crippen LogP contribution is 2.27. The van der Waals surface area contributed by atoms with Crippen LogP contribution in [0.25, 0.3) is 10.9 Å². The molecule has 152 valence electrons. The van der Waals surface area contributed by atoms with Crippen molar-refractivity contribution in [2.24, 2.45) is 0 Å². The second kappa shape index (κ2) is 7.64. The molecule has 0 radical (unpaired) electrons. The summed E-state index contributed by atoms with van der Waals surface area (Å²) in [7, 11) is -4.00. The van der Waals surface area contributed by atoms with Crippen LogP contribution >= 0.6 is 0 Å². The van der Waals surface area contributed by atoms with Crippen molar-refractivity contribution in [1.29, 1.82) is 0 Å². The highest BCUT2D eigenvalue weighted by atomic mass is 32.2. The van der Waals surface area contributed by atoms with E-state index in [0.717, 1.165) is 11.1 Å². The van der Waals surface area contributed by atoms with Gasteiger partial charge in [-0.15, -0.1) is 0 Å². The number of aryl methyl sites for hydroxylation is 1. The summed E-state index contributed by atoms with van der Waals surface area (Å²) in [6.07, 6.45) is 0. The summed E-state index contributed by atoms with van der Waals surface area (Å²) in [6, 6.07) is 20.6. The van der Waals surface area contributed by atoms with E-state index >= 15 is 0 Å². The monoisotopic (exact) mass is 421 g/mol. The molecule has 0 atom stereocenters. The van der Waals surface area contributed by atoms with Gasteiger partial charge < -0.3 is 4.98 Å². The fraction of sp³-hybridized carbons (Fsp3) is 0.0909. The van der Waals surface area contributed by atoms with Gasteiger partial charge in [0.15, 0.2) is 0 Å². The molecule has 4 aromatic rings. The van der Waals surface area contributed by atoms with Crippen LogP contribution in [0.1, 0.15) is 11.1 Å². The molecule has 0 fully saturated rings. The molecule has 0 aliphatic carbocycles. The van der Waals surface area contributed by atoms with Crippen molar-refractivity contribution in [1.82, 2.24) is 9.97 Å². The predicted octanol–water partition coefficient (Wildman–Crippen LogP) is 2.92. The topological polar surface area (TPSA) is 103 Å². The first kappa shape index (κ1) is 19.7. The van der Waals surface area contributed by atoms with E-state index in [2.05, 4.69) is 9.97 Å². The minimum absolute atomic E-state index is 0.0370. The summed E-state index contributed by atoms with van der Waals surface area (Å²) >= 11 is 0. The first-order valence-corrected chi connectivity index (χ1v) is 10.7. The van der Waals surface area contributed by atoms with E-state index in [4.69, 9.17) is 0 Å². The van der Waals surface area contributed by atoms with Gasteiger partial charge in [-0.05, 0) is 48.4 Å². The Morgan fingerprint density at radius 1 is 0.867 bits per heavy atom. The van der Waals surface area contributed by atoms with E-state index in [1.807, 2.05) is 43.3 Å². The van der Waals surface area contributed by atoms with Crippen molar-refractivity contribution in [3.63, 3.8) is 0 Å². The molecular weight excluding hydrogens is 402 g/mol. The van der Waals surface area contributed by atoms with Crippen LogP contribution in [0.15, 0.2) is 87.3 Å². The molecule has 0 bridgehead atoms. The molecule has 1 aromatic heterocycles. The predicted molar refractivity (Wildman–Crippen MR) is 116 cm³/mol. The van der Waals surface area contributed by atoms with Crippen molar-refractivity contribution in [2.45, 2.75) is 18.4 Å². The Morgan fingerprint density at radius 2 is 1.63 bits per heavy atom. The number of hydrogen-bond donors (Lipinski definition) is 2. The lowest BCUT2D eigenvalue weighted by Gasteiger charge is -2.25. The lowest BCUT2D eigenvalue weighted by atomic mass is 10.2. The van der Waals surface area contributed by atoms with Crippen LogP contribution in [0, 0.1) is 6.92 Å². The Morgan fingerprint density at radius 3 is 2.37 bits per heavy atom. The molecule has 30 heavy (non-hydrogen) atoms. The Labute approximate surface area is 172 Å². The average molecular weight is 421 g/mol. The molecule has 0 aliphatic heterocycles. The van der Waals surface area contributed by atoms with Gasteiger partial charge in [-0.1, -0.05) is 42.5 Å². The Kier molecular flexibility index (Phi) is 5.01. The first-order chi connectivity index (χ1) is 14.3. The van der Waals surface area contributed by atoms with Crippen molar-refractivity contribution in [3.8, 4) is 0 Å². The second-order valence-electron chi connectivity index (χ2n) is 6.95. The fourth-order valence-corrected chi connectivity index (χ4v) is 4.75. The van der Waals surface area contributed by atoms with Crippen LogP contribution in [-0.4, -0.2) is 18.4 Å². The van der Waals surface area contributed by atoms with Crippen molar-refractivity contribution in [2.75, 3.05) is 4.31 Å². The number of fused-ring (bicyclic) bond motifs is 1. The van der Waals surface area contributed by atoms with Crippen molar-refractivity contribution >= 4 is 26.6 Å². The highest BCUT2D eigenvalue weighted by molar-refractivity contribution is 7.92. The molecule has 0 saturated carbocycles. The molecule has 1 heterocycles. The third-order valence-electron chi connectivity index (χ3n) is 4.76. The quantitative estimate of drug-likeness (QED) is 0.517. The minimum Gasteiger partial charge on any atom is -0.307 e. The summed E-state index contributed by atoms with van der Waals surface area (Å²) in [4.78, 5) is 28.2. The zero-order valence-corrected chi connectivity index (χ0v) is 16.9. The maximum atomic E-state index is 13.6. The number of hydrogen-bond acceptors (Lipinski definition) is 4. The van der Waals surface area contributed by atoms with Gasteiger partial charge in [-0.2, -0.15) is 0 Å². The number of benzene rings is 3. The third-order valence-corrected chi connectivity index (χ3v) is 6.53. The number of aromatic amines is 2. The van der Waals surface area contributed by atoms with Crippen LogP contribution < -0.4 is 15.6 Å². The molecule has 0 spiro atoms. The molecule has 2 N–H and O–H groups in total. The highest BCUT2D eigenvalue weighted by Gasteiger charge is 2.26. The van der Waals surface area contributed by atoms with Crippen LogP contribution in [0.3, 0.4) is 0 Å². The van der Waals surface area contributed by atoms with E-state index < -0.39 is 21.3 Å². The first-order valence-electron chi connectivity index (χ1n) is 9.24. The summed E-state index contributed by atoms with van der Waals surface area (Å²) in [5, 5.41) is 0.0968. The van der Waals surface area contributed by atoms with Gasteiger partial charge in [0.1, 0.15) is 0 Å². The van der Waals surface area contributed by atoms with E-state index in [0.29, 0.717) is 5.69 Å². The van der Waals surface area contributed by atoms with Crippen molar-refractivity contribution in [3.05, 3.63) is 105 Å². The normalized spacial score (nSPS) is 11.5. The Balaban J connectivity index is 1.87. The molecule has 4 rings (SSSR count). The lowest BCUT2D eigenvalue weighted by molar-refractivity contribution is 0.590.